The summed E-state index contributed by atoms with van der Waals surface area (Å²) in [6.45, 7) is 0. The summed E-state index contributed by atoms with van der Waals surface area (Å²) in [4.78, 5) is 2.44. The Bertz CT molecular complexity index is 1200. The number of benzene rings is 3. The Morgan fingerprint density at radius 3 is 2.13 bits per heavy atom. The van der Waals surface area contributed by atoms with Gasteiger partial charge in [-0.3, -0.25) is 4.72 Å². The number of hydrogen-bond donors (Lipinski definition) is 1. The summed E-state index contributed by atoms with van der Waals surface area (Å²) < 4.78 is 27.5. The van der Waals surface area contributed by atoms with Crippen LogP contribution >= 0.6 is 0 Å². The Hall–Kier alpha value is -3.05. The molecule has 5 rings (SSSR count). The third-order valence-electron chi connectivity index (χ3n) is 6.03. The number of anilines is 1. The highest BCUT2D eigenvalue weighted by Crippen LogP contribution is 2.52. The van der Waals surface area contributed by atoms with E-state index in [1.54, 1.807) is 0 Å². The van der Waals surface area contributed by atoms with Crippen molar-refractivity contribution in [3.8, 4) is 0 Å². The first-order chi connectivity index (χ1) is 15.0. The van der Waals surface area contributed by atoms with E-state index in [0.29, 0.717) is 11.6 Å². The zero-order valence-electron chi connectivity index (χ0n) is 17.5. The van der Waals surface area contributed by atoms with Gasteiger partial charge in [0.1, 0.15) is 0 Å². The van der Waals surface area contributed by atoms with Gasteiger partial charge >= 0.3 is 0 Å². The van der Waals surface area contributed by atoms with Crippen LogP contribution in [0.3, 0.4) is 0 Å². The second-order valence-electron chi connectivity index (χ2n) is 8.45. The molecule has 0 radical (unpaired) electrons. The molecule has 0 aromatic heterocycles. The minimum absolute atomic E-state index is 0.164. The van der Waals surface area contributed by atoms with E-state index in [4.69, 9.17) is 0 Å². The van der Waals surface area contributed by atoms with Gasteiger partial charge in [-0.15, -0.1) is 0 Å². The van der Waals surface area contributed by atoms with E-state index in [1.165, 1.54) is 24.7 Å². The van der Waals surface area contributed by atoms with E-state index < -0.39 is 10.0 Å². The first-order valence-electron chi connectivity index (χ1n) is 10.7. The van der Waals surface area contributed by atoms with Crippen LogP contribution in [0.25, 0.3) is 6.08 Å². The van der Waals surface area contributed by atoms with Crippen molar-refractivity contribution in [2.75, 3.05) is 11.2 Å². The summed E-state index contributed by atoms with van der Waals surface area (Å²) in [5.74, 6) is 0.541. The Balaban J connectivity index is 1.74. The van der Waals surface area contributed by atoms with Gasteiger partial charge in [0.2, 0.25) is 10.0 Å². The quantitative estimate of drug-likeness (QED) is 0.578. The molecule has 4 nitrogen and oxygen atoms in total. The van der Waals surface area contributed by atoms with Gasteiger partial charge in [-0.1, -0.05) is 78.9 Å². The Morgan fingerprint density at radius 2 is 1.48 bits per heavy atom. The number of hydrogen-bond acceptors (Lipinski definition) is 3. The molecule has 2 atom stereocenters. The highest BCUT2D eigenvalue weighted by molar-refractivity contribution is 7.88. The molecule has 1 unspecified atom stereocenters. The monoisotopic (exact) mass is 430 g/mol. The predicted molar refractivity (Wildman–Crippen MR) is 126 cm³/mol. The molecule has 0 spiro atoms. The molecular weight excluding hydrogens is 404 g/mol. The van der Waals surface area contributed by atoms with Crippen molar-refractivity contribution < 1.29 is 8.42 Å². The van der Waals surface area contributed by atoms with E-state index in [2.05, 4.69) is 64.2 Å². The average Bonchev–Trinajstić information content (AvgIpc) is 3.59. The van der Waals surface area contributed by atoms with Gasteiger partial charge in [-0.25, -0.2) is 8.42 Å². The topological polar surface area (TPSA) is 49.4 Å². The fourth-order valence-electron chi connectivity index (χ4n) is 4.69. The minimum atomic E-state index is -3.43. The largest absolute Gasteiger partial charge is 0.351 e. The van der Waals surface area contributed by atoms with Gasteiger partial charge in [0.05, 0.1) is 24.0 Å². The van der Waals surface area contributed by atoms with Crippen LogP contribution < -0.4 is 9.62 Å². The lowest BCUT2D eigenvalue weighted by Crippen LogP contribution is -2.41. The van der Waals surface area contributed by atoms with Crippen LogP contribution in [0.1, 0.15) is 41.6 Å². The van der Waals surface area contributed by atoms with Crippen LogP contribution in [0.2, 0.25) is 0 Å². The van der Waals surface area contributed by atoms with E-state index in [-0.39, 0.29) is 12.1 Å². The maximum atomic E-state index is 12.3. The molecule has 0 amide bonds. The Morgan fingerprint density at radius 1 is 0.871 bits per heavy atom. The number of nitrogens with one attached hydrogen (secondary N) is 1. The van der Waals surface area contributed by atoms with Crippen molar-refractivity contribution in [1.82, 2.24) is 4.72 Å². The predicted octanol–water partition coefficient (Wildman–Crippen LogP) is 5.29. The fraction of sp³-hybridized carbons (Fsp3) is 0.231. The van der Waals surface area contributed by atoms with Crippen LogP contribution in [0, 0.1) is 5.92 Å². The minimum Gasteiger partial charge on any atom is -0.351 e. The van der Waals surface area contributed by atoms with Gasteiger partial charge in [0, 0.05) is 5.69 Å². The second-order valence-corrected chi connectivity index (χ2v) is 10.2. The molecule has 1 fully saturated rings. The van der Waals surface area contributed by atoms with Crippen LogP contribution in [-0.2, 0) is 10.0 Å². The average molecular weight is 431 g/mol. The highest BCUT2D eigenvalue weighted by Gasteiger charge is 2.43. The normalized spacial score (nSPS) is 19.3. The van der Waals surface area contributed by atoms with Crippen molar-refractivity contribution in [2.45, 2.75) is 24.9 Å². The molecule has 3 aromatic carbocycles. The summed E-state index contributed by atoms with van der Waals surface area (Å²) in [7, 11) is -3.43. The molecule has 3 aromatic rings. The zero-order chi connectivity index (χ0) is 21.4. The molecule has 1 aliphatic heterocycles. The van der Waals surface area contributed by atoms with Crippen LogP contribution in [0.5, 0.6) is 0 Å². The Kier molecular flexibility index (Phi) is 5.06. The van der Waals surface area contributed by atoms with Gasteiger partial charge < -0.3 is 4.90 Å². The molecule has 158 valence electrons. The lowest BCUT2D eigenvalue weighted by atomic mass is 9.89. The zero-order valence-corrected chi connectivity index (χ0v) is 18.3. The summed E-state index contributed by atoms with van der Waals surface area (Å²) in [6.07, 6.45) is 5.56. The van der Waals surface area contributed by atoms with E-state index >= 15 is 0 Å². The molecule has 1 N–H and O–H groups in total. The summed E-state index contributed by atoms with van der Waals surface area (Å²) in [6, 6.07) is 29.0. The van der Waals surface area contributed by atoms with Crippen molar-refractivity contribution in [2.24, 2.45) is 5.92 Å². The summed E-state index contributed by atoms with van der Waals surface area (Å²) in [5, 5.41) is 0. The van der Waals surface area contributed by atoms with E-state index in [1.807, 2.05) is 36.4 Å². The first kappa shape index (κ1) is 19.9. The number of rotatable bonds is 6. The Labute approximate surface area is 184 Å². The van der Waals surface area contributed by atoms with Crippen molar-refractivity contribution in [1.29, 1.82) is 0 Å². The molecule has 2 aliphatic rings. The first-order valence-corrected chi connectivity index (χ1v) is 12.6. The molecule has 1 aliphatic carbocycles. The molecule has 0 bridgehead atoms. The molecule has 31 heavy (non-hydrogen) atoms. The smallest absolute Gasteiger partial charge is 0.229 e. The maximum Gasteiger partial charge on any atom is 0.229 e. The van der Waals surface area contributed by atoms with E-state index in [0.717, 1.165) is 16.8 Å². The van der Waals surface area contributed by atoms with Crippen molar-refractivity contribution in [3.63, 3.8) is 0 Å². The molecule has 1 heterocycles. The fourth-order valence-corrected chi connectivity index (χ4v) is 5.29. The van der Waals surface area contributed by atoms with Gasteiger partial charge in [-0.05, 0) is 47.6 Å². The number of para-hydroxylation sites is 1. The molecule has 0 saturated heterocycles. The summed E-state index contributed by atoms with van der Waals surface area (Å²) in [5.41, 5.74) is 5.19. The molecule has 5 heteroatoms. The van der Waals surface area contributed by atoms with Gasteiger partial charge in [0.15, 0.2) is 0 Å². The maximum absolute atomic E-state index is 12.3. The number of sulfonamides is 1. The van der Waals surface area contributed by atoms with Gasteiger partial charge in [0.25, 0.3) is 0 Å². The summed E-state index contributed by atoms with van der Waals surface area (Å²) >= 11 is 0. The lowest BCUT2D eigenvalue weighted by Gasteiger charge is -2.45. The standard InChI is InChI=1S/C26H26N2O2S/c1-31(29,30)27-23-18-22-14-8-9-15-24(22)28(26(23)20-12-6-3-7-13-20)25(21-16-17-21)19-10-4-2-5-11-19/h2-15,18,21,25-27H,16-17H2,1H3/t25-,26?/m1/s1. The lowest BCUT2D eigenvalue weighted by molar-refractivity contribution is 0.506. The number of fused-ring (bicyclic) bond motifs is 1. The van der Waals surface area contributed by atoms with Crippen LogP contribution in [0.4, 0.5) is 5.69 Å². The molecular formula is C26H26N2O2S. The van der Waals surface area contributed by atoms with Crippen LogP contribution in [-0.4, -0.2) is 14.7 Å². The molecule has 1 saturated carbocycles. The van der Waals surface area contributed by atoms with Crippen molar-refractivity contribution in [3.05, 3.63) is 107 Å². The highest BCUT2D eigenvalue weighted by atomic mass is 32.2. The third kappa shape index (κ3) is 4.10. The number of nitrogens with zero attached hydrogens (tertiary/aromatic N) is 1. The second kappa shape index (κ2) is 7.89. The SMILES string of the molecule is CS(=O)(=O)NC1=Cc2ccccc2N([C@H](c2ccccc2)C2CC2)C1c1ccccc1. The van der Waals surface area contributed by atoms with Crippen molar-refractivity contribution >= 4 is 21.8 Å². The van der Waals surface area contributed by atoms with Crippen LogP contribution in [0.15, 0.2) is 90.6 Å². The third-order valence-corrected chi connectivity index (χ3v) is 6.63. The van der Waals surface area contributed by atoms with Gasteiger partial charge in [-0.2, -0.15) is 0 Å². The van der Waals surface area contributed by atoms with E-state index in [9.17, 15) is 8.42 Å².